The zero-order valence-corrected chi connectivity index (χ0v) is 18.3. The number of nitriles is 1. The third-order valence-corrected chi connectivity index (χ3v) is 6.32. The highest BCUT2D eigenvalue weighted by molar-refractivity contribution is 9.10. The number of halogens is 2. The maximum absolute atomic E-state index is 10.2. The second-order valence-corrected chi connectivity index (χ2v) is 7.80. The minimum Gasteiger partial charge on any atom is -0.503 e. The number of nitrogens with zero attached hydrogens (tertiary/aromatic N) is 3. The summed E-state index contributed by atoms with van der Waals surface area (Å²) in [6.07, 6.45) is 0. The summed E-state index contributed by atoms with van der Waals surface area (Å²) < 4.78 is 12.9. The van der Waals surface area contributed by atoms with Gasteiger partial charge in [-0.25, -0.2) is 0 Å². The Morgan fingerprint density at radius 1 is 1.37 bits per heavy atom. The fraction of sp³-hybridized carbons (Fsp3) is 0.143. The van der Waals surface area contributed by atoms with Crippen LogP contribution in [-0.4, -0.2) is 22.0 Å². The van der Waals surface area contributed by atoms with Crippen LogP contribution in [0.5, 0.6) is 17.4 Å². The topological polar surface area (TPSA) is 106 Å². The van der Waals surface area contributed by atoms with Crippen molar-refractivity contribution in [1.29, 1.82) is 5.26 Å². The summed E-state index contributed by atoms with van der Waals surface area (Å²) >= 11 is 9.77. The molecular weight excluding hydrogens is 472 g/mol. The van der Waals surface area contributed by atoms with E-state index in [0.717, 1.165) is 5.56 Å². The van der Waals surface area contributed by atoms with Gasteiger partial charge in [0.1, 0.15) is 11.6 Å². The number of aromatic nitrogens is 2. The molecule has 0 saturated heterocycles. The van der Waals surface area contributed by atoms with Crippen molar-refractivity contribution in [3.63, 3.8) is 0 Å². The smallest absolute Gasteiger partial charge is 0.229 e. The molecule has 7 nitrogen and oxygen atoms in total. The lowest BCUT2D eigenvalue weighted by Gasteiger charge is -2.25. The summed E-state index contributed by atoms with van der Waals surface area (Å²) in [5.74, 6) is -0.00617. The van der Waals surface area contributed by atoms with Gasteiger partial charge >= 0.3 is 0 Å². The Kier molecular flexibility index (Phi) is 5.10. The van der Waals surface area contributed by atoms with E-state index in [1.165, 1.54) is 11.8 Å². The van der Waals surface area contributed by atoms with Crippen LogP contribution in [0.15, 0.2) is 52.3 Å². The van der Waals surface area contributed by atoms with Crippen LogP contribution >= 0.6 is 27.5 Å². The van der Waals surface area contributed by atoms with Gasteiger partial charge in [0.25, 0.3) is 0 Å². The molecule has 0 aliphatic carbocycles. The van der Waals surface area contributed by atoms with E-state index in [1.54, 1.807) is 6.07 Å². The monoisotopic (exact) mass is 486 g/mol. The van der Waals surface area contributed by atoms with Crippen LogP contribution in [0.2, 0.25) is 5.02 Å². The molecule has 9 heteroatoms. The van der Waals surface area contributed by atoms with Crippen LogP contribution < -0.4 is 15.2 Å². The molecule has 3 N–H and O–H groups in total. The van der Waals surface area contributed by atoms with Crippen LogP contribution in [0.3, 0.4) is 0 Å². The molecule has 0 radical (unpaired) electrons. The second kappa shape index (κ2) is 7.59. The molecule has 0 spiro atoms. The average molecular weight is 488 g/mol. The normalized spacial score (nSPS) is 15.4. The molecule has 152 valence electrons. The number of hydrogen-bond acceptors (Lipinski definition) is 6. The number of phenols is 1. The zero-order valence-electron chi connectivity index (χ0n) is 16.0. The predicted molar refractivity (Wildman–Crippen MR) is 115 cm³/mol. The SMILES string of the molecule is COc1cc(-n2nc(C)c3c2OC(N)=C(C#N)[C@H]3c2ccccc2)c(Cl)c(Br)c1O. The summed E-state index contributed by atoms with van der Waals surface area (Å²) in [6.45, 7) is 1.83. The minimum atomic E-state index is -0.435. The molecule has 4 rings (SSSR count). The van der Waals surface area contributed by atoms with E-state index in [1.807, 2.05) is 37.3 Å². The van der Waals surface area contributed by atoms with Gasteiger partial charge in [0.05, 0.1) is 39.5 Å². The maximum Gasteiger partial charge on any atom is 0.229 e. The first kappa shape index (κ1) is 20.1. The number of aromatic hydroxyl groups is 1. The number of benzene rings is 2. The molecule has 1 aliphatic heterocycles. The Hall–Kier alpha value is -3.15. The molecule has 1 aliphatic rings. The fourth-order valence-electron chi connectivity index (χ4n) is 3.55. The Morgan fingerprint density at radius 3 is 2.70 bits per heavy atom. The zero-order chi connectivity index (χ0) is 21.6. The number of fused-ring (bicyclic) bond motifs is 1. The Morgan fingerprint density at radius 2 is 2.07 bits per heavy atom. The third kappa shape index (κ3) is 2.98. The lowest BCUT2D eigenvalue weighted by molar-refractivity contribution is 0.363. The quantitative estimate of drug-likeness (QED) is 0.562. The van der Waals surface area contributed by atoms with E-state index in [0.29, 0.717) is 28.4 Å². The molecule has 0 bridgehead atoms. The van der Waals surface area contributed by atoms with Crippen LogP contribution in [0.4, 0.5) is 0 Å². The number of nitrogens with two attached hydrogens (primary N) is 1. The van der Waals surface area contributed by atoms with Gasteiger partial charge in [-0.3, -0.25) is 0 Å². The standard InChI is InChI=1S/C21H16BrClN4O3/c1-10-15-16(11-6-4-3-5-7-11)12(9-24)20(25)30-21(15)27(26-10)13-8-14(29-2)19(28)17(22)18(13)23/h3-8,16,28H,25H2,1-2H3/t16-/m1/s1. The lowest BCUT2D eigenvalue weighted by atomic mass is 9.84. The van der Waals surface area contributed by atoms with Gasteiger partial charge in [-0.05, 0) is 28.4 Å². The largest absolute Gasteiger partial charge is 0.503 e. The Labute approximate surface area is 186 Å². The van der Waals surface area contributed by atoms with Gasteiger partial charge < -0.3 is 20.3 Å². The number of allylic oxidation sites excluding steroid dienone is 1. The molecule has 1 aromatic heterocycles. The van der Waals surface area contributed by atoms with Crippen molar-refractivity contribution in [2.24, 2.45) is 5.73 Å². The molecule has 1 atom stereocenters. The molecule has 3 aromatic rings. The van der Waals surface area contributed by atoms with E-state index in [9.17, 15) is 10.4 Å². The van der Waals surface area contributed by atoms with E-state index >= 15 is 0 Å². The number of hydrogen-bond donors (Lipinski definition) is 2. The Balaban J connectivity index is 2.00. The fourth-order valence-corrected chi connectivity index (χ4v) is 4.17. The van der Waals surface area contributed by atoms with Crippen molar-refractivity contribution in [1.82, 2.24) is 9.78 Å². The highest BCUT2D eigenvalue weighted by atomic mass is 79.9. The number of aryl methyl sites for hydroxylation is 1. The van der Waals surface area contributed by atoms with Crippen molar-refractivity contribution in [2.45, 2.75) is 12.8 Å². The molecule has 0 saturated carbocycles. The van der Waals surface area contributed by atoms with E-state index in [-0.39, 0.29) is 26.9 Å². The third-order valence-electron chi connectivity index (χ3n) is 4.94. The van der Waals surface area contributed by atoms with E-state index < -0.39 is 5.92 Å². The lowest BCUT2D eigenvalue weighted by Crippen LogP contribution is -2.22. The number of methoxy groups -OCH3 is 1. The molecular formula is C21H16BrClN4O3. The molecule has 30 heavy (non-hydrogen) atoms. The first-order valence-corrected chi connectivity index (χ1v) is 10.0. The van der Waals surface area contributed by atoms with Crippen LogP contribution in [-0.2, 0) is 0 Å². The number of rotatable bonds is 3. The van der Waals surface area contributed by atoms with Crippen molar-refractivity contribution < 1.29 is 14.6 Å². The minimum absolute atomic E-state index is 0.000865. The van der Waals surface area contributed by atoms with Gasteiger partial charge in [0.2, 0.25) is 11.8 Å². The molecule has 0 amide bonds. The summed E-state index contributed by atoms with van der Waals surface area (Å²) in [5.41, 5.74) is 9.11. The maximum atomic E-state index is 10.2. The summed E-state index contributed by atoms with van der Waals surface area (Å²) in [7, 11) is 1.44. The van der Waals surface area contributed by atoms with Gasteiger partial charge in [-0.1, -0.05) is 41.9 Å². The van der Waals surface area contributed by atoms with Crippen molar-refractivity contribution in [2.75, 3.05) is 7.11 Å². The predicted octanol–water partition coefficient (Wildman–Crippen LogP) is 4.53. The summed E-state index contributed by atoms with van der Waals surface area (Å²) in [5, 5.41) is 24.8. The highest BCUT2D eigenvalue weighted by Gasteiger charge is 2.36. The van der Waals surface area contributed by atoms with Crippen molar-refractivity contribution >= 4 is 27.5 Å². The van der Waals surface area contributed by atoms with Gasteiger partial charge in [-0.15, -0.1) is 0 Å². The number of ether oxygens (including phenoxy) is 2. The van der Waals surface area contributed by atoms with E-state index in [4.69, 9.17) is 26.8 Å². The summed E-state index contributed by atoms with van der Waals surface area (Å²) in [6, 6.07) is 13.3. The average Bonchev–Trinajstić information content (AvgIpc) is 3.07. The molecule has 2 aromatic carbocycles. The van der Waals surface area contributed by atoms with E-state index in [2.05, 4.69) is 27.1 Å². The first-order valence-electron chi connectivity index (χ1n) is 8.86. The molecule has 0 unspecified atom stereocenters. The van der Waals surface area contributed by atoms with Crippen LogP contribution in [0, 0.1) is 18.3 Å². The van der Waals surface area contributed by atoms with Crippen LogP contribution in [0.25, 0.3) is 5.69 Å². The number of phenolic OH excluding ortho intramolecular Hbond substituents is 1. The molecule has 2 heterocycles. The first-order chi connectivity index (χ1) is 14.4. The summed E-state index contributed by atoms with van der Waals surface area (Å²) in [4.78, 5) is 0. The van der Waals surface area contributed by atoms with Crippen LogP contribution in [0.1, 0.15) is 22.7 Å². The Bertz CT molecular complexity index is 1230. The van der Waals surface area contributed by atoms with Gasteiger partial charge in [0, 0.05) is 6.07 Å². The van der Waals surface area contributed by atoms with Gasteiger partial charge in [0.15, 0.2) is 11.5 Å². The second-order valence-electron chi connectivity index (χ2n) is 6.63. The molecule has 0 fully saturated rings. The van der Waals surface area contributed by atoms with Crippen molar-refractivity contribution in [3.05, 3.63) is 74.2 Å². The highest BCUT2D eigenvalue weighted by Crippen LogP contribution is 2.48. The van der Waals surface area contributed by atoms with Gasteiger partial charge in [-0.2, -0.15) is 15.0 Å². The van der Waals surface area contributed by atoms with Crippen molar-refractivity contribution in [3.8, 4) is 29.1 Å².